The van der Waals surface area contributed by atoms with E-state index in [2.05, 4.69) is 10.4 Å². The molecular weight excluding hydrogens is 348 g/mol. The van der Waals surface area contributed by atoms with Crippen LogP contribution in [-0.2, 0) is 0 Å². The largest absolute Gasteiger partial charge is 0.324 e. The van der Waals surface area contributed by atoms with E-state index in [1.54, 1.807) is 11.1 Å². The maximum atomic E-state index is 12.8. The second-order valence-corrected chi connectivity index (χ2v) is 8.10. The molecule has 0 unspecified atom stereocenters. The number of likely N-dealkylation sites (tertiary alicyclic amines) is 1. The summed E-state index contributed by atoms with van der Waals surface area (Å²) in [4.78, 5) is 27.9. The zero-order valence-electron chi connectivity index (χ0n) is 14.8. The van der Waals surface area contributed by atoms with E-state index in [-0.39, 0.29) is 17.7 Å². The van der Waals surface area contributed by atoms with Crippen molar-refractivity contribution in [2.45, 2.75) is 44.6 Å². The van der Waals surface area contributed by atoms with Gasteiger partial charge in [-0.05, 0) is 37.1 Å². The quantitative estimate of drug-likeness (QED) is 0.819. The molecule has 1 saturated heterocycles. The van der Waals surface area contributed by atoms with Crippen molar-refractivity contribution in [1.82, 2.24) is 14.7 Å². The molecule has 1 atom stereocenters. The van der Waals surface area contributed by atoms with Gasteiger partial charge in [-0.2, -0.15) is 5.10 Å². The lowest BCUT2D eigenvalue weighted by atomic mass is 9.93. The van der Waals surface area contributed by atoms with Crippen LogP contribution in [0.1, 0.15) is 54.2 Å². The van der Waals surface area contributed by atoms with E-state index in [4.69, 9.17) is 0 Å². The highest BCUT2D eigenvalue weighted by Crippen LogP contribution is 2.31. The average Bonchev–Trinajstić information content (AvgIpc) is 3.42. The van der Waals surface area contributed by atoms with E-state index in [9.17, 15) is 9.59 Å². The van der Waals surface area contributed by atoms with E-state index in [1.807, 2.05) is 28.3 Å². The van der Waals surface area contributed by atoms with E-state index >= 15 is 0 Å². The highest BCUT2D eigenvalue weighted by molar-refractivity contribution is 7.12. The number of aromatic nitrogens is 2. The van der Waals surface area contributed by atoms with Crippen molar-refractivity contribution in [2.24, 2.45) is 5.92 Å². The lowest BCUT2D eigenvalue weighted by Gasteiger charge is -2.32. The van der Waals surface area contributed by atoms with Gasteiger partial charge in [0.25, 0.3) is 0 Å². The Kier molecular flexibility index (Phi) is 5.06. The number of thiophene rings is 1. The second-order valence-electron chi connectivity index (χ2n) is 7.16. The normalized spacial score (nSPS) is 21.1. The van der Waals surface area contributed by atoms with Crippen LogP contribution >= 0.6 is 11.3 Å². The number of hydrogen-bond acceptors (Lipinski definition) is 4. The van der Waals surface area contributed by atoms with Crippen LogP contribution in [0.25, 0.3) is 0 Å². The highest BCUT2D eigenvalue weighted by atomic mass is 32.1. The molecule has 138 valence electrons. The van der Waals surface area contributed by atoms with Crippen LogP contribution in [0.3, 0.4) is 0 Å². The Morgan fingerprint density at radius 3 is 2.77 bits per heavy atom. The first kappa shape index (κ1) is 17.3. The van der Waals surface area contributed by atoms with Gasteiger partial charge in [0.1, 0.15) is 5.82 Å². The van der Waals surface area contributed by atoms with Gasteiger partial charge in [-0.1, -0.05) is 18.9 Å². The summed E-state index contributed by atoms with van der Waals surface area (Å²) in [5.74, 6) is 0.815. The summed E-state index contributed by atoms with van der Waals surface area (Å²) in [6.07, 6.45) is 8.12. The summed E-state index contributed by atoms with van der Waals surface area (Å²) in [6, 6.07) is 5.87. The standard InChI is InChI=1S/C19H24N4O2S/c24-18(16-8-4-12-26-16)14-5-3-11-22(13-14)19(25)21-17-9-10-20-23(17)15-6-1-2-7-15/h4,8-10,12,14-15H,1-3,5-7,11,13H2,(H,21,25)/t14-/m0/s1. The molecule has 1 saturated carbocycles. The number of amides is 2. The number of nitrogens with one attached hydrogen (secondary N) is 1. The Labute approximate surface area is 157 Å². The molecule has 2 aliphatic rings. The van der Waals surface area contributed by atoms with E-state index < -0.39 is 0 Å². The first-order valence-corrected chi connectivity index (χ1v) is 10.3. The van der Waals surface area contributed by atoms with Crippen molar-refractivity contribution in [1.29, 1.82) is 0 Å². The lowest BCUT2D eigenvalue weighted by Crippen LogP contribution is -2.44. The third-order valence-electron chi connectivity index (χ3n) is 5.42. The van der Waals surface area contributed by atoms with Crippen LogP contribution in [0.2, 0.25) is 0 Å². The van der Waals surface area contributed by atoms with Crippen LogP contribution in [0.15, 0.2) is 29.8 Å². The molecule has 0 spiro atoms. The molecule has 1 aliphatic heterocycles. The first-order valence-electron chi connectivity index (χ1n) is 9.39. The van der Waals surface area contributed by atoms with Crippen molar-refractivity contribution in [2.75, 3.05) is 18.4 Å². The molecule has 2 aromatic rings. The van der Waals surface area contributed by atoms with Gasteiger partial charge < -0.3 is 4.90 Å². The fourth-order valence-corrected chi connectivity index (χ4v) is 4.78. The van der Waals surface area contributed by atoms with Crippen LogP contribution < -0.4 is 5.32 Å². The molecule has 2 fully saturated rings. The Balaban J connectivity index is 1.40. The molecule has 0 radical (unpaired) electrons. The predicted molar refractivity (Wildman–Crippen MR) is 102 cm³/mol. The van der Waals surface area contributed by atoms with Gasteiger partial charge in [0.15, 0.2) is 5.78 Å². The number of piperidine rings is 1. The number of ketones is 1. The number of hydrogen-bond donors (Lipinski definition) is 1. The Morgan fingerprint density at radius 1 is 1.15 bits per heavy atom. The number of carbonyl (C=O) groups excluding carboxylic acids is 2. The molecule has 3 heterocycles. The Morgan fingerprint density at radius 2 is 2.00 bits per heavy atom. The minimum atomic E-state index is -0.131. The zero-order valence-corrected chi connectivity index (χ0v) is 15.6. The molecule has 7 heteroatoms. The Hall–Kier alpha value is -2.15. The predicted octanol–water partition coefficient (Wildman–Crippen LogP) is 4.19. The second kappa shape index (κ2) is 7.61. The van der Waals surface area contributed by atoms with Gasteiger partial charge >= 0.3 is 6.03 Å². The van der Waals surface area contributed by atoms with Crippen molar-refractivity contribution >= 4 is 29.0 Å². The molecule has 26 heavy (non-hydrogen) atoms. The summed E-state index contributed by atoms with van der Waals surface area (Å²) in [6.45, 7) is 1.18. The average molecular weight is 372 g/mol. The molecule has 2 aromatic heterocycles. The minimum absolute atomic E-state index is 0.104. The fraction of sp³-hybridized carbons (Fsp3) is 0.526. The van der Waals surface area contributed by atoms with Crippen LogP contribution in [0.5, 0.6) is 0 Å². The number of urea groups is 1. The summed E-state index contributed by atoms with van der Waals surface area (Å²) in [5.41, 5.74) is 0. The first-order chi connectivity index (χ1) is 12.7. The number of anilines is 1. The third-order valence-corrected chi connectivity index (χ3v) is 6.30. The van der Waals surface area contributed by atoms with Gasteiger partial charge in [0.2, 0.25) is 0 Å². The number of Topliss-reactive ketones (excluding diaryl/α,β-unsaturated/α-hetero) is 1. The molecule has 0 bridgehead atoms. The third kappa shape index (κ3) is 3.53. The van der Waals surface area contributed by atoms with Crippen molar-refractivity contribution in [3.8, 4) is 0 Å². The van der Waals surface area contributed by atoms with Crippen LogP contribution in [0.4, 0.5) is 10.6 Å². The number of carbonyl (C=O) groups is 2. The SMILES string of the molecule is O=C(c1cccs1)[C@H]1CCCN(C(=O)Nc2ccnn2C2CCCC2)C1. The van der Waals surface area contributed by atoms with Crippen molar-refractivity contribution in [3.05, 3.63) is 34.7 Å². The van der Waals surface area contributed by atoms with Crippen molar-refractivity contribution < 1.29 is 9.59 Å². The molecular formula is C19H24N4O2S. The van der Waals surface area contributed by atoms with E-state index in [0.29, 0.717) is 19.1 Å². The van der Waals surface area contributed by atoms with E-state index in [1.165, 1.54) is 24.2 Å². The molecule has 2 amide bonds. The maximum absolute atomic E-state index is 12.8. The molecule has 4 rings (SSSR count). The smallest absolute Gasteiger partial charge is 0.323 e. The minimum Gasteiger partial charge on any atom is -0.324 e. The van der Waals surface area contributed by atoms with Crippen LogP contribution in [-0.4, -0.2) is 39.6 Å². The molecule has 6 nitrogen and oxygen atoms in total. The zero-order chi connectivity index (χ0) is 17.9. The summed E-state index contributed by atoms with van der Waals surface area (Å²) in [5, 5.41) is 9.34. The molecule has 1 aliphatic carbocycles. The number of nitrogens with zero attached hydrogens (tertiary/aromatic N) is 3. The van der Waals surface area contributed by atoms with Gasteiger partial charge in [-0.25, -0.2) is 9.48 Å². The van der Waals surface area contributed by atoms with E-state index in [0.717, 1.165) is 36.4 Å². The fourth-order valence-electron chi connectivity index (χ4n) is 4.04. The summed E-state index contributed by atoms with van der Waals surface area (Å²) < 4.78 is 1.95. The van der Waals surface area contributed by atoms with Gasteiger partial charge in [-0.3, -0.25) is 10.1 Å². The maximum Gasteiger partial charge on any atom is 0.323 e. The number of rotatable bonds is 4. The van der Waals surface area contributed by atoms with Crippen molar-refractivity contribution in [3.63, 3.8) is 0 Å². The Bertz CT molecular complexity index is 764. The molecule has 1 N–H and O–H groups in total. The topological polar surface area (TPSA) is 67.2 Å². The monoisotopic (exact) mass is 372 g/mol. The molecule has 0 aromatic carbocycles. The van der Waals surface area contributed by atoms with Gasteiger partial charge in [-0.15, -0.1) is 11.3 Å². The van der Waals surface area contributed by atoms with Crippen LogP contribution in [0, 0.1) is 5.92 Å². The lowest BCUT2D eigenvalue weighted by molar-refractivity contribution is 0.0855. The van der Waals surface area contributed by atoms with Gasteiger partial charge in [0.05, 0.1) is 17.1 Å². The summed E-state index contributed by atoms with van der Waals surface area (Å²) in [7, 11) is 0. The summed E-state index contributed by atoms with van der Waals surface area (Å²) >= 11 is 1.47. The highest BCUT2D eigenvalue weighted by Gasteiger charge is 2.30. The van der Waals surface area contributed by atoms with Gasteiger partial charge in [0, 0.05) is 25.1 Å².